The summed E-state index contributed by atoms with van der Waals surface area (Å²) in [5, 5.41) is 11.6. The van der Waals surface area contributed by atoms with E-state index in [1.165, 1.54) is 6.20 Å². The number of halogens is 1. The molecule has 2 rings (SSSR count). The lowest BCUT2D eigenvalue weighted by molar-refractivity contribution is 0.102. The number of carbonyl (C=O) groups is 1. The standard InChI is InChI=1S/C15H12ClN3O2/c1-10-8-12(16)11(9-18-10)15(20)19-13-4-2-3-5-14(13)21-7-6-17/h2-5,8-9H,7H2,1H3,(H,19,20). The maximum Gasteiger partial charge on any atom is 0.258 e. The number of para-hydroxylation sites is 2. The molecule has 1 aromatic carbocycles. The number of amides is 1. The van der Waals surface area contributed by atoms with E-state index in [2.05, 4.69) is 10.3 Å². The summed E-state index contributed by atoms with van der Waals surface area (Å²) in [5.41, 5.74) is 1.47. The van der Waals surface area contributed by atoms with Crippen LogP contribution in [0.25, 0.3) is 0 Å². The van der Waals surface area contributed by atoms with Crippen LogP contribution >= 0.6 is 11.6 Å². The van der Waals surface area contributed by atoms with Gasteiger partial charge in [-0.15, -0.1) is 0 Å². The number of rotatable bonds is 4. The minimum Gasteiger partial charge on any atom is -0.477 e. The Kier molecular flexibility index (Phi) is 4.75. The molecular formula is C15H12ClN3O2. The van der Waals surface area contributed by atoms with Crippen molar-refractivity contribution >= 4 is 23.2 Å². The molecule has 0 spiro atoms. The molecule has 0 aliphatic carbocycles. The smallest absolute Gasteiger partial charge is 0.258 e. The zero-order valence-corrected chi connectivity index (χ0v) is 12.0. The number of anilines is 1. The number of hydrogen-bond donors (Lipinski definition) is 1. The number of nitrogens with zero attached hydrogens (tertiary/aromatic N) is 2. The monoisotopic (exact) mass is 301 g/mol. The topological polar surface area (TPSA) is 75.0 Å². The largest absolute Gasteiger partial charge is 0.477 e. The van der Waals surface area contributed by atoms with Crippen LogP contribution < -0.4 is 10.1 Å². The molecule has 0 atom stereocenters. The minimum atomic E-state index is -0.388. The molecule has 0 bridgehead atoms. The second kappa shape index (κ2) is 6.73. The first-order chi connectivity index (χ1) is 10.1. The van der Waals surface area contributed by atoms with Crippen molar-refractivity contribution in [3.63, 3.8) is 0 Å². The summed E-state index contributed by atoms with van der Waals surface area (Å²) in [7, 11) is 0. The van der Waals surface area contributed by atoms with Crippen LogP contribution in [0.5, 0.6) is 5.75 Å². The molecule has 0 aliphatic rings. The second-order valence-electron chi connectivity index (χ2n) is 4.20. The van der Waals surface area contributed by atoms with Crippen LogP contribution in [0, 0.1) is 18.3 Å². The number of carbonyl (C=O) groups excluding carboxylic acids is 1. The van der Waals surface area contributed by atoms with E-state index in [0.717, 1.165) is 5.69 Å². The maximum absolute atomic E-state index is 12.2. The van der Waals surface area contributed by atoms with E-state index < -0.39 is 0 Å². The van der Waals surface area contributed by atoms with Gasteiger partial charge in [0.15, 0.2) is 6.61 Å². The van der Waals surface area contributed by atoms with Crippen LogP contribution in [0.3, 0.4) is 0 Å². The van der Waals surface area contributed by atoms with Gasteiger partial charge in [-0.05, 0) is 25.1 Å². The Bertz CT molecular complexity index is 710. The lowest BCUT2D eigenvalue weighted by Crippen LogP contribution is -2.14. The average Bonchev–Trinajstić information content (AvgIpc) is 2.46. The quantitative estimate of drug-likeness (QED) is 0.941. The molecule has 0 radical (unpaired) electrons. The molecule has 5 nitrogen and oxygen atoms in total. The Balaban J connectivity index is 2.22. The Morgan fingerprint density at radius 2 is 2.24 bits per heavy atom. The first-order valence-corrected chi connectivity index (χ1v) is 6.52. The zero-order chi connectivity index (χ0) is 15.2. The number of hydrogen-bond acceptors (Lipinski definition) is 4. The molecule has 2 aromatic rings. The molecule has 0 fully saturated rings. The van der Waals surface area contributed by atoms with Crippen LogP contribution in [0.1, 0.15) is 16.1 Å². The number of pyridine rings is 1. The molecule has 1 amide bonds. The van der Waals surface area contributed by atoms with Gasteiger partial charge in [0.05, 0.1) is 16.3 Å². The summed E-state index contributed by atoms with van der Waals surface area (Å²) in [4.78, 5) is 16.3. The predicted molar refractivity (Wildman–Crippen MR) is 79.5 cm³/mol. The van der Waals surface area contributed by atoms with Crippen molar-refractivity contribution in [2.45, 2.75) is 6.92 Å². The van der Waals surface area contributed by atoms with Gasteiger partial charge in [-0.25, -0.2) is 0 Å². The van der Waals surface area contributed by atoms with E-state index in [4.69, 9.17) is 21.6 Å². The van der Waals surface area contributed by atoms with Crippen molar-refractivity contribution < 1.29 is 9.53 Å². The SMILES string of the molecule is Cc1cc(Cl)c(C(=O)Nc2ccccc2OCC#N)cn1. The highest BCUT2D eigenvalue weighted by molar-refractivity contribution is 6.34. The number of aromatic nitrogens is 1. The Morgan fingerprint density at radius 1 is 1.48 bits per heavy atom. The molecule has 0 saturated carbocycles. The summed E-state index contributed by atoms with van der Waals surface area (Å²) in [6, 6.07) is 10.4. The molecule has 0 saturated heterocycles. The minimum absolute atomic E-state index is 0.0975. The Morgan fingerprint density at radius 3 is 2.95 bits per heavy atom. The van der Waals surface area contributed by atoms with Crippen molar-refractivity contribution in [2.75, 3.05) is 11.9 Å². The maximum atomic E-state index is 12.2. The molecule has 1 heterocycles. The number of nitrogens with one attached hydrogen (secondary N) is 1. The van der Waals surface area contributed by atoms with E-state index in [-0.39, 0.29) is 18.1 Å². The third-order valence-electron chi connectivity index (χ3n) is 2.66. The first kappa shape index (κ1) is 14.8. The predicted octanol–water partition coefficient (Wildman–Crippen LogP) is 3.20. The van der Waals surface area contributed by atoms with E-state index in [1.54, 1.807) is 37.3 Å². The van der Waals surface area contributed by atoms with Crippen molar-refractivity contribution in [3.05, 3.63) is 52.8 Å². The van der Waals surface area contributed by atoms with E-state index in [1.807, 2.05) is 6.07 Å². The van der Waals surface area contributed by atoms with Crippen LogP contribution in [0.2, 0.25) is 5.02 Å². The van der Waals surface area contributed by atoms with Gasteiger partial charge < -0.3 is 10.1 Å². The van der Waals surface area contributed by atoms with E-state index >= 15 is 0 Å². The average molecular weight is 302 g/mol. The van der Waals surface area contributed by atoms with E-state index in [9.17, 15) is 4.79 Å². The van der Waals surface area contributed by atoms with Gasteiger partial charge in [-0.3, -0.25) is 9.78 Å². The lowest BCUT2D eigenvalue weighted by Gasteiger charge is -2.11. The van der Waals surface area contributed by atoms with Gasteiger partial charge in [-0.2, -0.15) is 5.26 Å². The summed E-state index contributed by atoms with van der Waals surface area (Å²) in [5.74, 6) is 0.0316. The van der Waals surface area contributed by atoms with Gasteiger partial charge in [0.25, 0.3) is 5.91 Å². The zero-order valence-electron chi connectivity index (χ0n) is 11.3. The third kappa shape index (κ3) is 3.71. The summed E-state index contributed by atoms with van der Waals surface area (Å²) in [6.07, 6.45) is 1.42. The number of aryl methyl sites for hydroxylation is 1. The number of benzene rings is 1. The highest BCUT2D eigenvalue weighted by atomic mass is 35.5. The molecule has 1 aromatic heterocycles. The molecule has 6 heteroatoms. The van der Waals surface area contributed by atoms with Crippen LogP contribution in [0.4, 0.5) is 5.69 Å². The Labute approximate surface area is 127 Å². The van der Waals surface area contributed by atoms with Gasteiger partial charge in [0.1, 0.15) is 11.8 Å². The molecule has 21 heavy (non-hydrogen) atoms. The van der Waals surface area contributed by atoms with Crippen molar-refractivity contribution in [3.8, 4) is 11.8 Å². The summed E-state index contributed by atoms with van der Waals surface area (Å²) >= 11 is 6.04. The van der Waals surface area contributed by atoms with Crippen molar-refractivity contribution in [1.82, 2.24) is 4.98 Å². The lowest BCUT2D eigenvalue weighted by atomic mass is 10.2. The van der Waals surface area contributed by atoms with Gasteiger partial charge in [0, 0.05) is 11.9 Å². The highest BCUT2D eigenvalue weighted by Gasteiger charge is 2.13. The van der Waals surface area contributed by atoms with Crippen LogP contribution in [-0.2, 0) is 0 Å². The summed E-state index contributed by atoms with van der Waals surface area (Å²) < 4.78 is 5.25. The first-order valence-electron chi connectivity index (χ1n) is 6.14. The fourth-order valence-corrected chi connectivity index (χ4v) is 1.98. The molecule has 1 N–H and O–H groups in total. The Hall–Kier alpha value is -2.58. The third-order valence-corrected chi connectivity index (χ3v) is 2.98. The van der Waals surface area contributed by atoms with E-state index in [0.29, 0.717) is 16.5 Å². The van der Waals surface area contributed by atoms with Crippen molar-refractivity contribution in [2.24, 2.45) is 0 Å². The van der Waals surface area contributed by atoms with Crippen LogP contribution in [-0.4, -0.2) is 17.5 Å². The summed E-state index contributed by atoms with van der Waals surface area (Å²) in [6.45, 7) is 1.69. The number of ether oxygens (including phenoxy) is 1. The van der Waals surface area contributed by atoms with Gasteiger partial charge in [-0.1, -0.05) is 23.7 Å². The fourth-order valence-electron chi connectivity index (χ4n) is 1.69. The van der Waals surface area contributed by atoms with Crippen LogP contribution in [0.15, 0.2) is 36.5 Å². The number of nitriles is 1. The molecule has 0 unspecified atom stereocenters. The van der Waals surface area contributed by atoms with Gasteiger partial charge in [0.2, 0.25) is 0 Å². The van der Waals surface area contributed by atoms with Crippen molar-refractivity contribution in [1.29, 1.82) is 5.26 Å². The highest BCUT2D eigenvalue weighted by Crippen LogP contribution is 2.25. The molecular weight excluding hydrogens is 290 g/mol. The fraction of sp³-hybridized carbons (Fsp3) is 0.133. The molecule has 106 valence electrons. The van der Waals surface area contributed by atoms with Gasteiger partial charge >= 0.3 is 0 Å². The normalized spacial score (nSPS) is 9.76. The molecule has 0 aliphatic heterocycles. The second-order valence-corrected chi connectivity index (χ2v) is 4.61.